The molecule has 0 aliphatic carbocycles. The van der Waals surface area contributed by atoms with Crippen LogP contribution in [-0.4, -0.2) is 50.3 Å². The second-order valence-electron chi connectivity index (χ2n) is 6.06. The summed E-state index contributed by atoms with van der Waals surface area (Å²) < 4.78 is 5.47. The zero-order chi connectivity index (χ0) is 12.1. The van der Waals surface area contributed by atoms with Crippen LogP contribution >= 0.6 is 0 Å². The summed E-state index contributed by atoms with van der Waals surface area (Å²) in [5.41, 5.74) is 0. The second-order valence-corrected chi connectivity index (χ2v) is 6.06. The quantitative estimate of drug-likeness (QED) is 0.792. The molecule has 2 aliphatic rings. The van der Waals surface area contributed by atoms with Crippen LogP contribution in [0, 0.1) is 11.8 Å². The average molecular weight is 240 g/mol. The van der Waals surface area contributed by atoms with Crippen LogP contribution in [0.15, 0.2) is 0 Å². The molecule has 3 nitrogen and oxygen atoms in total. The maximum Gasteiger partial charge on any atom is 0.0507 e. The third-order valence-electron chi connectivity index (χ3n) is 3.96. The molecule has 2 aliphatic heterocycles. The minimum absolute atomic E-state index is 0.619. The lowest BCUT2D eigenvalue weighted by molar-refractivity contribution is 0.133. The molecule has 0 bridgehead atoms. The lowest BCUT2D eigenvalue weighted by Crippen LogP contribution is -2.42. The number of ether oxygens (including phenoxy) is 1. The molecule has 0 aromatic rings. The van der Waals surface area contributed by atoms with Gasteiger partial charge in [0.25, 0.3) is 0 Å². The Morgan fingerprint density at radius 1 is 1.29 bits per heavy atom. The van der Waals surface area contributed by atoms with E-state index in [9.17, 15) is 0 Å². The second kappa shape index (κ2) is 6.72. The molecular formula is C14H28N2O. The fourth-order valence-corrected chi connectivity index (χ4v) is 2.98. The van der Waals surface area contributed by atoms with Crippen molar-refractivity contribution in [3.8, 4) is 0 Å². The monoisotopic (exact) mass is 240 g/mol. The molecule has 2 fully saturated rings. The van der Waals surface area contributed by atoms with Crippen LogP contribution in [0.4, 0.5) is 0 Å². The molecule has 2 atom stereocenters. The number of nitrogens with one attached hydrogen (secondary N) is 1. The first-order chi connectivity index (χ1) is 8.24. The van der Waals surface area contributed by atoms with Crippen molar-refractivity contribution in [2.24, 2.45) is 11.8 Å². The van der Waals surface area contributed by atoms with Gasteiger partial charge in [0.05, 0.1) is 6.61 Å². The first-order valence-electron chi connectivity index (χ1n) is 7.27. The smallest absolute Gasteiger partial charge is 0.0507 e. The predicted molar refractivity (Wildman–Crippen MR) is 71.2 cm³/mol. The Kier molecular flexibility index (Phi) is 5.26. The minimum Gasteiger partial charge on any atom is -0.381 e. The van der Waals surface area contributed by atoms with Crippen LogP contribution < -0.4 is 5.32 Å². The van der Waals surface area contributed by atoms with Gasteiger partial charge in [-0.2, -0.15) is 0 Å². The Morgan fingerprint density at radius 2 is 2.18 bits per heavy atom. The van der Waals surface area contributed by atoms with Gasteiger partial charge in [-0.3, -0.25) is 0 Å². The Morgan fingerprint density at radius 3 is 2.88 bits per heavy atom. The standard InChI is InChI=1S/C14H28N2O/c1-12(2)15-8-13-4-3-6-16(9-13)10-14-5-7-17-11-14/h12-15H,3-11H2,1-2H3. The zero-order valence-electron chi connectivity index (χ0n) is 11.5. The largest absolute Gasteiger partial charge is 0.381 e. The topological polar surface area (TPSA) is 24.5 Å². The molecule has 1 N–H and O–H groups in total. The van der Waals surface area contributed by atoms with E-state index in [1.165, 1.54) is 45.4 Å². The highest BCUT2D eigenvalue weighted by atomic mass is 16.5. The van der Waals surface area contributed by atoms with Crippen molar-refractivity contribution >= 4 is 0 Å². The molecular weight excluding hydrogens is 212 g/mol. The van der Waals surface area contributed by atoms with E-state index in [0.29, 0.717) is 6.04 Å². The first kappa shape index (κ1) is 13.3. The van der Waals surface area contributed by atoms with E-state index in [1.807, 2.05) is 0 Å². The Balaban J connectivity index is 1.68. The first-order valence-corrected chi connectivity index (χ1v) is 7.27. The third kappa shape index (κ3) is 4.57. The van der Waals surface area contributed by atoms with Crippen LogP contribution in [0.2, 0.25) is 0 Å². The van der Waals surface area contributed by atoms with E-state index in [4.69, 9.17) is 4.74 Å². The average Bonchev–Trinajstić information content (AvgIpc) is 2.80. The highest BCUT2D eigenvalue weighted by Crippen LogP contribution is 2.20. The van der Waals surface area contributed by atoms with Crippen molar-refractivity contribution in [1.29, 1.82) is 0 Å². The summed E-state index contributed by atoms with van der Waals surface area (Å²) in [4.78, 5) is 2.66. The fourth-order valence-electron chi connectivity index (χ4n) is 2.98. The third-order valence-corrected chi connectivity index (χ3v) is 3.96. The van der Waals surface area contributed by atoms with Gasteiger partial charge in [-0.05, 0) is 44.2 Å². The molecule has 0 radical (unpaired) electrons. The molecule has 0 amide bonds. The van der Waals surface area contributed by atoms with Crippen LogP contribution in [0.3, 0.4) is 0 Å². The molecule has 0 spiro atoms. The van der Waals surface area contributed by atoms with Crippen molar-refractivity contribution < 1.29 is 4.74 Å². The maximum absolute atomic E-state index is 5.47. The molecule has 17 heavy (non-hydrogen) atoms. The number of hydrogen-bond donors (Lipinski definition) is 1. The molecule has 2 rings (SSSR count). The van der Waals surface area contributed by atoms with Gasteiger partial charge in [-0.1, -0.05) is 13.8 Å². The molecule has 0 saturated carbocycles. The van der Waals surface area contributed by atoms with Crippen molar-refractivity contribution in [2.45, 2.75) is 39.2 Å². The molecule has 100 valence electrons. The lowest BCUT2D eigenvalue weighted by Gasteiger charge is -2.34. The van der Waals surface area contributed by atoms with Gasteiger partial charge in [-0.25, -0.2) is 0 Å². The molecule has 2 saturated heterocycles. The Labute approximate surface area is 106 Å². The number of nitrogens with zero attached hydrogens (tertiary/aromatic N) is 1. The summed E-state index contributed by atoms with van der Waals surface area (Å²) in [6.07, 6.45) is 4.04. The predicted octanol–water partition coefficient (Wildman–Crippen LogP) is 1.73. The Hall–Kier alpha value is -0.120. The van der Waals surface area contributed by atoms with Crippen LogP contribution in [0.25, 0.3) is 0 Å². The normalized spacial score (nSPS) is 31.2. The SMILES string of the molecule is CC(C)NCC1CCCN(CC2CCOC2)C1. The van der Waals surface area contributed by atoms with Crippen molar-refractivity contribution in [2.75, 3.05) is 39.4 Å². The Bertz CT molecular complexity index is 214. The number of piperidine rings is 1. The van der Waals surface area contributed by atoms with Gasteiger partial charge in [0.2, 0.25) is 0 Å². The van der Waals surface area contributed by atoms with E-state index in [-0.39, 0.29) is 0 Å². The highest BCUT2D eigenvalue weighted by molar-refractivity contribution is 4.78. The van der Waals surface area contributed by atoms with Gasteiger partial charge in [0, 0.05) is 25.7 Å². The van der Waals surface area contributed by atoms with E-state index in [0.717, 1.165) is 25.0 Å². The molecule has 0 aromatic carbocycles. The van der Waals surface area contributed by atoms with Gasteiger partial charge in [-0.15, -0.1) is 0 Å². The van der Waals surface area contributed by atoms with Crippen LogP contribution in [-0.2, 0) is 4.74 Å². The van der Waals surface area contributed by atoms with E-state index in [2.05, 4.69) is 24.1 Å². The van der Waals surface area contributed by atoms with Gasteiger partial charge >= 0.3 is 0 Å². The molecule has 3 heteroatoms. The van der Waals surface area contributed by atoms with Crippen LogP contribution in [0.5, 0.6) is 0 Å². The minimum atomic E-state index is 0.619. The van der Waals surface area contributed by atoms with Crippen molar-refractivity contribution in [1.82, 2.24) is 10.2 Å². The molecule has 0 aromatic heterocycles. The fraction of sp³-hybridized carbons (Fsp3) is 1.00. The lowest BCUT2D eigenvalue weighted by atomic mass is 9.96. The van der Waals surface area contributed by atoms with Gasteiger partial charge in [0.15, 0.2) is 0 Å². The summed E-state index contributed by atoms with van der Waals surface area (Å²) >= 11 is 0. The maximum atomic E-state index is 5.47. The van der Waals surface area contributed by atoms with E-state index < -0.39 is 0 Å². The van der Waals surface area contributed by atoms with E-state index in [1.54, 1.807) is 0 Å². The van der Waals surface area contributed by atoms with E-state index >= 15 is 0 Å². The summed E-state index contributed by atoms with van der Waals surface area (Å²) in [7, 11) is 0. The molecule has 2 unspecified atom stereocenters. The zero-order valence-corrected chi connectivity index (χ0v) is 11.5. The number of hydrogen-bond acceptors (Lipinski definition) is 3. The van der Waals surface area contributed by atoms with Gasteiger partial charge in [0.1, 0.15) is 0 Å². The summed E-state index contributed by atoms with van der Waals surface area (Å²) in [5.74, 6) is 1.65. The van der Waals surface area contributed by atoms with Crippen LogP contribution in [0.1, 0.15) is 33.1 Å². The summed E-state index contributed by atoms with van der Waals surface area (Å²) in [6.45, 7) is 11.5. The number of rotatable bonds is 5. The number of likely N-dealkylation sites (tertiary alicyclic amines) is 1. The highest BCUT2D eigenvalue weighted by Gasteiger charge is 2.24. The summed E-state index contributed by atoms with van der Waals surface area (Å²) in [6, 6.07) is 0.619. The summed E-state index contributed by atoms with van der Waals surface area (Å²) in [5, 5.41) is 3.58. The molecule has 2 heterocycles. The van der Waals surface area contributed by atoms with Gasteiger partial charge < -0.3 is 15.0 Å². The van der Waals surface area contributed by atoms with Crippen molar-refractivity contribution in [3.05, 3.63) is 0 Å². The van der Waals surface area contributed by atoms with Crippen molar-refractivity contribution in [3.63, 3.8) is 0 Å².